The molecule has 17 heavy (non-hydrogen) atoms. The van der Waals surface area contributed by atoms with Crippen LogP contribution in [-0.2, 0) is 0 Å². The summed E-state index contributed by atoms with van der Waals surface area (Å²) in [6, 6.07) is 3.92. The maximum absolute atomic E-state index is 11.6. The van der Waals surface area contributed by atoms with Crippen molar-refractivity contribution in [3.8, 4) is 0 Å². The first-order valence-electron chi connectivity index (χ1n) is 4.72. The number of carbonyl (C=O) groups excluding carboxylic acids is 1. The molecule has 92 valence electrons. The van der Waals surface area contributed by atoms with E-state index in [9.17, 15) is 4.79 Å². The van der Waals surface area contributed by atoms with E-state index in [2.05, 4.69) is 10.6 Å². The van der Waals surface area contributed by atoms with E-state index in [1.807, 2.05) is 0 Å². The second kappa shape index (κ2) is 6.05. The van der Waals surface area contributed by atoms with E-state index in [1.165, 1.54) is 0 Å². The quantitative estimate of drug-likeness (QED) is 0.750. The van der Waals surface area contributed by atoms with E-state index in [0.29, 0.717) is 15.7 Å². The maximum atomic E-state index is 11.6. The third-order valence-electron chi connectivity index (χ3n) is 1.95. The molecule has 0 bridgehead atoms. The first-order valence-corrected chi connectivity index (χ1v) is 5.88. The number of nitrogens with two attached hydrogens (primary N) is 1. The minimum Gasteiger partial charge on any atom is -0.392 e. The van der Waals surface area contributed by atoms with Crippen LogP contribution in [0, 0.1) is 0 Å². The number of hydrogen-bond acceptors (Lipinski definition) is 2. The van der Waals surface area contributed by atoms with Crippen molar-refractivity contribution in [1.29, 1.82) is 0 Å². The van der Waals surface area contributed by atoms with Crippen molar-refractivity contribution in [1.82, 2.24) is 5.32 Å². The molecule has 1 aromatic carbocycles. The van der Waals surface area contributed by atoms with Gasteiger partial charge in [0.2, 0.25) is 0 Å². The Morgan fingerprint density at radius 3 is 2.71 bits per heavy atom. The molecule has 0 heterocycles. The lowest BCUT2D eigenvalue weighted by atomic mass is 10.3. The molecule has 0 aliphatic heterocycles. The number of urea groups is 1. The van der Waals surface area contributed by atoms with Crippen molar-refractivity contribution in [2.45, 2.75) is 13.0 Å². The zero-order valence-corrected chi connectivity index (χ0v) is 11.3. The van der Waals surface area contributed by atoms with E-state index in [0.717, 1.165) is 0 Å². The average Bonchev–Trinajstić information content (AvgIpc) is 2.23. The second-order valence-electron chi connectivity index (χ2n) is 3.35. The van der Waals surface area contributed by atoms with E-state index < -0.39 is 12.1 Å². The van der Waals surface area contributed by atoms with E-state index >= 15 is 0 Å². The highest BCUT2D eigenvalue weighted by molar-refractivity contribution is 7.80. The summed E-state index contributed by atoms with van der Waals surface area (Å²) in [5.74, 6) is 0. The summed E-state index contributed by atoms with van der Waals surface area (Å²) >= 11 is 16.4. The summed E-state index contributed by atoms with van der Waals surface area (Å²) in [6.45, 7) is 1.68. The summed E-state index contributed by atoms with van der Waals surface area (Å²) in [5.41, 5.74) is 5.80. The molecule has 0 aliphatic carbocycles. The van der Waals surface area contributed by atoms with Crippen LogP contribution in [0.15, 0.2) is 18.2 Å². The van der Waals surface area contributed by atoms with Gasteiger partial charge in [-0.05, 0) is 25.1 Å². The van der Waals surface area contributed by atoms with Gasteiger partial charge >= 0.3 is 6.03 Å². The molecular weight excluding hydrogens is 281 g/mol. The van der Waals surface area contributed by atoms with E-state index in [1.54, 1.807) is 25.1 Å². The van der Waals surface area contributed by atoms with Crippen LogP contribution in [-0.4, -0.2) is 17.1 Å². The van der Waals surface area contributed by atoms with Gasteiger partial charge in [0.25, 0.3) is 0 Å². The van der Waals surface area contributed by atoms with E-state index in [4.69, 9.17) is 41.2 Å². The van der Waals surface area contributed by atoms with Gasteiger partial charge in [-0.1, -0.05) is 35.4 Å². The molecule has 0 aromatic heterocycles. The van der Waals surface area contributed by atoms with Crippen molar-refractivity contribution in [3.63, 3.8) is 0 Å². The fourth-order valence-electron chi connectivity index (χ4n) is 1.02. The number of carbonyl (C=O) groups is 1. The third-order valence-corrected chi connectivity index (χ3v) is 2.87. The smallest absolute Gasteiger partial charge is 0.319 e. The van der Waals surface area contributed by atoms with Crippen LogP contribution >= 0.6 is 35.4 Å². The lowest BCUT2D eigenvalue weighted by Crippen LogP contribution is -2.43. The van der Waals surface area contributed by atoms with Crippen LogP contribution in [0.3, 0.4) is 0 Å². The van der Waals surface area contributed by atoms with Gasteiger partial charge in [-0.15, -0.1) is 0 Å². The summed E-state index contributed by atoms with van der Waals surface area (Å²) < 4.78 is 0. The summed E-state index contributed by atoms with van der Waals surface area (Å²) in [4.78, 5) is 11.8. The highest BCUT2D eigenvalue weighted by Gasteiger charge is 2.10. The van der Waals surface area contributed by atoms with E-state index in [-0.39, 0.29) is 4.99 Å². The topological polar surface area (TPSA) is 67.2 Å². The van der Waals surface area contributed by atoms with Crippen molar-refractivity contribution < 1.29 is 4.79 Å². The first kappa shape index (κ1) is 14.0. The minimum absolute atomic E-state index is 0.206. The Hall–Kier alpha value is -1.04. The van der Waals surface area contributed by atoms with Gasteiger partial charge in [0, 0.05) is 5.02 Å². The number of benzene rings is 1. The standard InChI is InChI=1S/C10H11Cl2N3OS/c1-5(9(13)17)14-10(16)15-8-4-6(11)2-3-7(8)12/h2-5H,1H3,(H2,13,17)(H2,14,15,16). The van der Waals surface area contributed by atoms with Gasteiger partial charge in [0.1, 0.15) is 0 Å². The molecule has 1 unspecified atom stereocenters. The molecule has 4 N–H and O–H groups in total. The molecular formula is C10H11Cl2N3OS. The molecule has 1 aromatic rings. The Labute approximate surface area is 114 Å². The number of amides is 2. The van der Waals surface area contributed by atoms with Crippen molar-refractivity contribution in [2.75, 3.05) is 5.32 Å². The average molecular weight is 292 g/mol. The Morgan fingerprint density at radius 1 is 1.47 bits per heavy atom. The van der Waals surface area contributed by atoms with Gasteiger partial charge in [0.15, 0.2) is 0 Å². The largest absolute Gasteiger partial charge is 0.392 e. The molecule has 0 aliphatic rings. The van der Waals surface area contributed by atoms with Crippen molar-refractivity contribution >= 4 is 52.1 Å². The summed E-state index contributed by atoms with van der Waals surface area (Å²) in [5, 5.41) is 5.99. The normalized spacial score (nSPS) is 11.7. The molecule has 7 heteroatoms. The van der Waals surface area contributed by atoms with Crippen molar-refractivity contribution in [3.05, 3.63) is 28.2 Å². The molecule has 0 saturated heterocycles. The number of nitrogens with one attached hydrogen (secondary N) is 2. The molecule has 4 nitrogen and oxygen atoms in total. The van der Waals surface area contributed by atoms with Crippen LogP contribution in [0.4, 0.5) is 10.5 Å². The Kier molecular flexibility index (Phi) is 4.99. The lowest BCUT2D eigenvalue weighted by Gasteiger charge is -2.13. The molecule has 1 atom stereocenters. The van der Waals surface area contributed by atoms with Crippen molar-refractivity contribution in [2.24, 2.45) is 5.73 Å². The molecule has 0 radical (unpaired) electrons. The maximum Gasteiger partial charge on any atom is 0.319 e. The number of anilines is 1. The van der Waals surface area contributed by atoms with Gasteiger partial charge in [-0.2, -0.15) is 0 Å². The fraction of sp³-hybridized carbons (Fsp3) is 0.200. The number of thiocarbonyl (C=S) groups is 1. The highest BCUT2D eigenvalue weighted by atomic mass is 35.5. The van der Waals surface area contributed by atoms with Gasteiger partial charge in [-0.25, -0.2) is 4.79 Å². The second-order valence-corrected chi connectivity index (χ2v) is 4.66. The monoisotopic (exact) mass is 291 g/mol. The number of halogens is 2. The lowest BCUT2D eigenvalue weighted by molar-refractivity contribution is 0.251. The predicted octanol–water partition coefficient (Wildman–Crippen LogP) is 2.79. The van der Waals surface area contributed by atoms with Gasteiger partial charge < -0.3 is 16.4 Å². The fourth-order valence-corrected chi connectivity index (χ4v) is 1.42. The highest BCUT2D eigenvalue weighted by Crippen LogP contribution is 2.25. The van der Waals surface area contributed by atoms with Crippen LogP contribution in [0.5, 0.6) is 0 Å². The first-order chi connectivity index (χ1) is 7.90. The summed E-state index contributed by atoms with van der Waals surface area (Å²) in [7, 11) is 0. The van der Waals surface area contributed by atoms with Gasteiger partial charge in [-0.3, -0.25) is 0 Å². The number of rotatable bonds is 3. The van der Waals surface area contributed by atoms with Gasteiger partial charge in [0.05, 0.1) is 21.7 Å². The third kappa shape index (κ3) is 4.38. The van der Waals surface area contributed by atoms with Crippen LogP contribution < -0.4 is 16.4 Å². The van der Waals surface area contributed by atoms with Crippen LogP contribution in [0.2, 0.25) is 10.0 Å². The molecule has 0 saturated carbocycles. The SMILES string of the molecule is CC(NC(=O)Nc1cc(Cl)ccc1Cl)C(N)=S. The zero-order chi connectivity index (χ0) is 13.0. The molecule has 0 spiro atoms. The molecule has 0 fully saturated rings. The predicted molar refractivity (Wildman–Crippen MR) is 74.9 cm³/mol. The molecule has 2 amide bonds. The Morgan fingerprint density at radius 2 is 2.12 bits per heavy atom. The van der Waals surface area contributed by atoms with Crippen LogP contribution in [0.25, 0.3) is 0 Å². The summed E-state index contributed by atoms with van der Waals surface area (Å²) in [6.07, 6.45) is 0. The van der Waals surface area contributed by atoms with Crippen LogP contribution in [0.1, 0.15) is 6.92 Å². The minimum atomic E-state index is -0.450. The number of hydrogen-bond donors (Lipinski definition) is 3. The zero-order valence-electron chi connectivity index (χ0n) is 8.96. The Bertz CT molecular complexity index is 453. The molecule has 1 rings (SSSR count). The Balaban J connectivity index is 2.68.